The van der Waals surface area contributed by atoms with E-state index in [-0.39, 0.29) is 6.61 Å². The number of aliphatic hydroxyl groups is 1. The molecule has 1 heterocycles. The summed E-state index contributed by atoms with van der Waals surface area (Å²) in [5.74, 6) is 0. The van der Waals surface area contributed by atoms with E-state index in [1.165, 1.54) is 0 Å². The number of thiazole rings is 1. The highest BCUT2D eigenvalue weighted by molar-refractivity contribution is 7.09. The molecular weight excluding hydrogens is 184 g/mol. The predicted octanol–water partition coefficient (Wildman–Crippen LogP) is 1.35. The second-order valence-corrected chi connectivity index (χ2v) is 4.52. The number of aromatic nitrogens is 1. The molecule has 3 nitrogen and oxygen atoms in total. The Kier molecular flexibility index (Phi) is 3.41. The molecule has 0 fully saturated rings. The van der Waals surface area contributed by atoms with Crippen LogP contribution in [0.5, 0.6) is 0 Å². The van der Waals surface area contributed by atoms with Gasteiger partial charge in [0.05, 0.1) is 12.1 Å². The second-order valence-electron chi connectivity index (χ2n) is 3.63. The lowest BCUT2D eigenvalue weighted by molar-refractivity contribution is 0.165. The molecule has 1 aromatic heterocycles. The van der Waals surface area contributed by atoms with E-state index in [1.54, 1.807) is 17.5 Å². The molecule has 4 heteroatoms. The summed E-state index contributed by atoms with van der Waals surface area (Å²) in [6.07, 6.45) is 1.76. The molecule has 13 heavy (non-hydrogen) atoms. The number of nitrogens with one attached hydrogen (secondary N) is 1. The minimum Gasteiger partial charge on any atom is -0.394 e. The van der Waals surface area contributed by atoms with E-state index in [4.69, 9.17) is 0 Å². The van der Waals surface area contributed by atoms with Crippen molar-refractivity contribution in [2.45, 2.75) is 32.4 Å². The summed E-state index contributed by atoms with van der Waals surface area (Å²) in [4.78, 5) is 4.21. The van der Waals surface area contributed by atoms with Gasteiger partial charge in [-0.15, -0.1) is 11.3 Å². The fourth-order valence-electron chi connectivity index (χ4n) is 1.31. The summed E-state index contributed by atoms with van der Waals surface area (Å²) in [7, 11) is 0. The van der Waals surface area contributed by atoms with Gasteiger partial charge in [-0.25, -0.2) is 4.98 Å². The van der Waals surface area contributed by atoms with Crippen LogP contribution in [-0.4, -0.2) is 22.7 Å². The van der Waals surface area contributed by atoms with Crippen LogP contribution in [-0.2, 0) is 5.54 Å². The highest BCUT2D eigenvalue weighted by atomic mass is 32.1. The molecule has 2 N–H and O–H groups in total. The third-order valence-electron chi connectivity index (χ3n) is 1.83. The third kappa shape index (κ3) is 2.49. The van der Waals surface area contributed by atoms with Crippen molar-refractivity contribution in [3.63, 3.8) is 0 Å². The van der Waals surface area contributed by atoms with Crippen LogP contribution >= 0.6 is 11.3 Å². The highest BCUT2D eigenvalue weighted by Gasteiger charge is 2.28. The maximum absolute atomic E-state index is 9.31. The van der Waals surface area contributed by atoms with Crippen molar-refractivity contribution in [1.29, 1.82) is 0 Å². The van der Waals surface area contributed by atoms with Crippen LogP contribution < -0.4 is 5.32 Å². The van der Waals surface area contributed by atoms with Crippen LogP contribution in [0.3, 0.4) is 0 Å². The zero-order valence-electron chi connectivity index (χ0n) is 8.24. The Morgan fingerprint density at radius 2 is 2.38 bits per heavy atom. The van der Waals surface area contributed by atoms with Crippen molar-refractivity contribution < 1.29 is 5.11 Å². The van der Waals surface area contributed by atoms with Gasteiger partial charge < -0.3 is 10.4 Å². The summed E-state index contributed by atoms with van der Waals surface area (Å²) in [5, 5.41) is 15.5. The Morgan fingerprint density at radius 1 is 1.69 bits per heavy atom. The topological polar surface area (TPSA) is 45.1 Å². The molecule has 0 saturated carbocycles. The van der Waals surface area contributed by atoms with Crippen molar-refractivity contribution in [2.75, 3.05) is 6.61 Å². The van der Waals surface area contributed by atoms with E-state index in [1.807, 2.05) is 12.3 Å². The molecule has 0 bridgehead atoms. The molecule has 1 atom stereocenters. The van der Waals surface area contributed by atoms with Gasteiger partial charge in [-0.2, -0.15) is 0 Å². The summed E-state index contributed by atoms with van der Waals surface area (Å²) >= 11 is 1.56. The first kappa shape index (κ1) is 10.6. The quantitative estimate of drug-likeness (QED) is 0.771. The summed E-state index contributed by atoms with van der Waals surface area (Å²) in [6.45, 7) is 6.15. The second kappa shape index (κ2) is 4.17. The molecular formula is C9H16N2OS. The largest absolute Gasteiger partial charge is 0.394 e. The van der Waals surface area contributed by atoms with Crippen LogP contribution in [0.2, 0.25) is 0 Å². The van der Waals surface area contributed by atoms with Gasteiger partial charge in [-0.05, 0) is 20.8 Å². The number of aliphatic hydroxyl groups excluding tert-OH is 1. The lowest BCUT2D eigenvalue weighted by Gasteiger charge is -2.28. The Morgan fingerprint density at radius 3 is 2.77 bits per heavy atom. The molecule has 0 saturated heterocycles. The van der Waals surface area contributed by atoms with Gasteiger partial charge in [0.25, 0.3) is 0 Å². The standard InChI is InChI=1S/C9H16N2OS/c1-7(2)11-9(3,6-12)8-10-4-5-13-8/h4-5,7,11-12H,6H2,1-3H3. The Balaban J connectivity index is 2.81. The number of hydrogen-bond donors (Lipinski definition) is 2. The van der Waals surface area contributed by atoms with Gasteiger partial charge >= 0.3 is 0 Å². The third-order valence-corrected chi connectivity index (χ3v) is 2.86. The molecule has 1 unspecified atom stereocenters. The van der Waals surface area contributed by atoms with Gasteiger partial charge in [0.1, 0.15) is 5.01 Å². The number of nitrogens with zero attached hydrogens (tertiary/aromatic N) is 1. The van der Waals surface area contributed by atoms with Gasteiger partial charge in [-0.1, -0.05) is 0 Å². The van der Waals surface area contributed by atoms with E-state index in [0.717, 1.165) is 5.01 Å². The van der Waals surface area contributed by atoms with Crippen LogP contribution in [0.1, 0.15) is 25.8 Å². The van der Waals surface area contributed by atoms with Crippen molar-refractivity contribution in [3.8, 4) is 0 Å². The number of rotatable bonds is 4. The fraction of sp³-hybridized carbons (Fsp3) is 0.667. The minimum absolute atomic E-state index is 0.0681. The smallest absolute Gasteiger partial charge is 0.115 e. The monoisotopic (exact) mass is 200 g/mol. The van der Waals surface area contributed by atoms with Crippen molar-refractivity contribution >= 4 is 11.3 Å². The average Bonchev–Trinajstić information content (AvgIpc) is 2.55. The number of hydrogen-bond acceptors (Lipinski definition) is 4. The maximum atomic E-state index is 9.31. The zero-order valence-corrected chi connectivity index (χ0v) is 9.06. The molecule has 1 aromatic rings. The molecule has 0 aliphatic heterocycles. The lowest BCUT2D eigenvalue weighted by Crippen LogP contribution is -2.46. The normalized spacial score (nSPS) is 16.1. The first-order chi connectivity index (χ1) is 6.08. The van der Waals surface area contributed by atoms with E-state index < -0.39 is 5.54 Å². The molecule has 0 radical (unpaired) electrons. The van der Waals surface area contributed by atoms with Crippen molar-refractivity contribution in [2.24, 2.45) is 0 Å². The summed E-state index contributed by atoms with van der Waals surface area (Å²) < 4.78 is 0. The van der Waals surface area contributed by atoms with Crippen LogP contribution in [0.25, 0.3) is 0 Å². The fourth-order valence-corrected chi connectivity index (χ4v) is 2.06. The van der Waals surface area contributed by atoms with Crippen LogP contribution in [0.15, 0.2) is 11.6 Å². The first-order valence-corrected chi connectivity index (χ1v) is 5.25. The molecule has 0 aliphatic carbocycles. The maximum Gasteiger partial charge on any atom is 0.115 e. The Bertz CT molecular complexity index is 248. The Labute approximate surface area is 82.8 Å². The molecule has 1 rings (SSSR count). The van der Waals surface area contributed by atoms with Gasteiger partial charge in [-0.3, -0.25) is 0 Å². The summed E-state index contributed by atoms with van der Waals surface area (Å²) in [5.41, 5.74) is -0.400. The predicted molar refractivity (Wildman–Crippen MR) is 54.8 cm³/mol. The van der Waals surface area contributed by atoms with Crippen LogP contribution in [0.4, 0.5) is 0 Å². The zero-order chi connectivity index (χ0) is 9.90. The van der Waals surface area contributed by atoms with Gasteiger partial charge in [0.15, 0.2) is 0 Å². The van der Waals surface area contributed by atoms with Gasteiger partial charge in [0.2, 0.25) is 0 Å². The molecule has 74 valence electrons. The lowest BCUT2D eigenvalue weighted by atomic mass is 10.0. The van der Waals surface area contributed by atoms with Crippen molar-refractivity contribution in [1.82, 2.24) is 10.3 Å². The van der Waals surface area contributed by atoms with E-state index in [0.29, 0.717) is 6.04 Å². The molecule has 0 aromatic carbocycles. The molecule has 0 amide bonds. The molecule has 0 aliphatic rings. The Hall–Kier alpha value is -0.450. The van der Waals surface area contributed by atoms with E-state index in [2.05, 4.69) is 24.1 Å². The van der Waals surface area contributed by atoms with Crippen LogP contribution in [0, 0.1) is 0 Å². The van der Waals surface area contributed by atoms with Gasteiger partial charge in [0, 0.05) is 17.6 Å². The van der Waals surface area contributed by atoms with E-state index >= 15 is 0 Å². The minimum atomic E-state index is -0.400. The van der Waals surface area contributed by atoms with Crippen molar-refractivity contribution in [3.05, 3.63) is 16.6 Å². The highest BCUT2D eigenvalue weighted by Crippen LogP contribution is 2.22. The van der Waals surface area contributed by atoms with E-state index in [9.17, 15) is 5.11 Å². The molecule has 0 spiro atoms. The SMILES string of the molecule is CC(C)NC(C)(CO)c1nccs1. The first-order valence-electron chi connectivity index (χ1n) is 4.37. The average molecular weight is 200 g/mol. The summed E-state index contributed by atoms with van der Waals surface area (Å²) in [6, 6.07) is 0.334.